The van der Waals surface area contributed by atoms with Gasteiger partial charge in [-0.05, 0) is 12.1 Å². The van der Waals surface area contributed by atoms with Crippen LogP contribution < -0.4 is 32.4 Å². The van der Waals surface area contributed by atoms with Crippen molar-refractivity contribution in [3.05, 3.63) is 78.7 Å². The second kappa shape index (κ2) is 8.50. The summed E-state index contributed by atoms with van der Waals surface area (Å²) in [6.45, 7) is 4.49. The monoisotopic (exact) mass is 387 g/mol. The number of nitrogens with one attached hydrogen (secondary N) is 2. The van der Waals surface area contributed by atoms with Crippen LogP contribution in [0.1, 0.15) is 0 Å². The molecule has 118 valence electrons. The van der Waals surface area contributed by atoms with E-state index < -0.39 is 0 Å². The molecule has 0 amide bonds. The number of halogens is 1. The quantitative estimate of drug-likeness (QED) is 0.491. The molecular formula is C18H18BrN3S. The minimum Gasteiger partial charge on any atom is -1.00 e. The summed E-state index contributed by atoms with van der Waals surface area (Å²) < 4.78 is 2.08. The van der Waals surface area contributed by atoms with E-state index in [0.29, 0.717) is 0 Å². The molecular weight excluding hydrogens is 370 g/mol. The molecule has 0 bridgehead atoms. The topological polar surface area (TPSA) is 27.9 Å². The van der Waals surface area contributed by atoms with E-state index in [1.807, 2.05) is 30.3 Å². The van der Waals surface area contributed by atoms with Gasteiger partial charge in [0.15, 0.2) is 5.69 Å². The lowest BCUT2D eigenvalue weighted by Crippen LogP contribution is -3.00. The van der Waals surface area contributed by atoms with Crippen molar-refractivity contribution in [2.24, 2.45) is 0 Å². The van der Waals surface area contributed by atoms with Gasteiger partial charge in [0.1, 0.15) is 6.54 Å². The number of aromatic nitrogens is 1. The van der Waals surface area contributed by atoms with E-state index in [0.717, 1.165) is 23.1 Å². The Morgan fingerprint density at radius 2 is 1.65 bits per heavy atom. The van der Waals surface area contributed by atoms with Crippen molar-refractivity contribution >= 4 is 22.2 Å². The summed E-state index contributed by atoms with van der Waals surface area (Å²) in [6, 6.07) is 20.5. The van der Waals surface area contributed by atoms with Gasteiger partial charge in [-0.15, -0.1) is 4.68 Å². The zero-order chi connectivity index (χ0) is 15.2. The molecule has 5 heteroatoms. The second-order valence-corrected chi connectivity index (χ2v) is 5.63. The van der Waals surface area contributed by atoms with Crippen LogP contribution in [0.5, 0.6) is 0 Å². The van der Waals surface area contributed by atoms with Crippen molar-refractivity contribution in [1.29, 1.82) is 0 Å². The highest BCUT2D eigenvalue weighted by atomic mass is 79.9. The van der Waals surface area contributed by atoms with Gasteiger partial charge in [-0.1, -0.05) is 72.5 Å². The number of para-hydroxylation sites is 1. The number of anilines is 2. The summed E-state index contributed by atoms with van der Waals surface area (Å²) >= 11 is 1.67. The SMILES string of the molecule is C=CCNc1scc(-c2ccccc2)[n+]1Nc1ccccc1.[Br-]. The van der Waals surface area contributed by atoms with Crippen molar-refractivity contribution in [3.8, 4) is 11.3 Å². The van der Waals surface area contributed by atoms with E-state index in [9.17, 15) is 0 Å². The molecule has 3 nitrogen and oxygen atoms in total. The molecule has 1 aromatic heterocycles. The third-order valence-corrected chi connectivity index (χ3v) is 4.10. The third-order valence-electron chi connectivity index (χ3n) is 3.21. The van der Waals surface area contributed by atoms with Gasteiger partial charge in [0.25, 0.3) is 0 Å². The molecule has 0 fully saturated rings. The summed E-state index contributed by atoms with van der Waals surface area (Å²) in [4.78, 5) is 0. The normalized spacial score (nSPS) is 9.74. The van der Waals surface area contributed by atoms with Gasteiger partial charge in [-0.3, -0.25) is 5.32 Å². The van der Waals surface area contributed by atoms with Gasteiger partial charge < -0.3 is 17.0 Å². The van der Waals surface area contributed by atoms with Crippen LogP contribution in [-0.4, -0.2) is 6.54 Å². The molecule has 0 unspecified atom stereocenters. The zero-order valence-electron chi connectivity index (χ0n) is 12.6. The van der Waals surface area contributed by atoms with Gasteiger partial charge in [-0.25, -0.2) is 5.43 Å². The summed E-state index contributed by atoms with van der Waals surface area (Å²) in [5.41, 5.74) is 6.81. The summed E-state index contributed by atoms with van der Waals surface area (Å²) in [6.07, 6.45) is 1.86. The van der Waals surface area contributed by atoms with E-state index in [1.165, 1.54) is 5.56 Å². The highest BCUT2D eigenvalue weighted by Crippen LogP contribution is 2.23. The molecule has 2 aromatic carbocycles. The number of rotatable bonds is 6. The highest BCUT2D eigenvalue weighted by Gasteiger charge is 2.19. The smallest absolute Gasteiger partial charge is 0.358 e. The van der Waals surface area contributed by atoms with E-state index in [-0.39, 0.29) is 17.0 Å². The summed E-state index contributed by atoms with van der Waals surface area (Å²) in [5, 5.41) is 6.57. The first-order valence-electron chi connectivity index (χ1n) is 7.14. The molecule has 0 atom stereocenters. The Morgan fingerprint density at radius 3 is 2.30 bits per heavy atom. The Kier molecular flexibility index (Phi) is 6.38. The average molecular weight is 388 g/mol. The maximum atomic E-state index is 3.77. The molecule has 0 saturated carbocycles. The predicted octanol–water partition coefficient (Wildman–Crippen LogP) is 1.18. The summed E-state index contributed by atoms with van der Waals surface area (Å²) in [7, 11) is 0. The Bertz CT molecular complexity index is 741. The molecule has 3 rings (SSSR count). The lowest BCUT2D eigenvalue weighted by atomic mass is 10.2. The first-order chi connectivity index (χ1) is 10.9. The number of benzene rings is 2. The predicted molar refractivity (Wildman–Crippen MR) is 94.1 cm³/mol. The molecule has 0 aliphatic carbocycles. The Labute approximate surface area is 151 Å². The Hall–Kier alpha value is -2.11. The fourth-order valence-electron chi connectivity index (χ4n) is 2.17. The molecule has 0 aliphatic rings. The maximum Gasteiger partial charge on any atom is 0.358 e. The van der Waals surface area contributed by atoms with Crippen molar-refractivity contribution < 1.29 is 21.7 Å². The Balaban J connectivity index is 0.00000192. The molecule has 0 saturated heterocycles. The number of nitrogens with zero attached hydrogens (tertiary/aromatic N) is 1. The van der Waals surface area contributed by atoms with E-state index >= 15 is 0 Å². The third kappa shape index (κ3) is 4.21. The minimum absolute atomic E-state index is 0. The van der Waals surface area contributed by atoms with Crippen molar-refractivity contribution in [1.82, 2.24) is 0 Å². The lowest BCUT2D eigenvalue weighted by Gasteiger charge is -2.08. The number of thiazole rings is 1. The Morgan fingerprint density at radius 1 is 1.00 bits per heavy atom. The van der Waals surface area contributed by atoms with Crippen LogP contribution in [-0.2, 0) is 0 Å². The van der Waals surface area contributed by atoms with Crippen LogP contribution in [0.2, 0.25) is 0 Å². The van der Waals surface area contributed by atoms with Crippen molar-refractivity contribution in [3.63, 3.8) is 0 Å². The minimum atomic E-state index is 0. The molecule has 0 radical (unpaired) electrons. The van der Waals surface area contributed by atoms with Crippen LogP contribution in [0.4, 0.5) is 10.8 Å². The van der Waals surface area contributed by atoms with Crippen molar-refractivity contribution in [2.75, 3.05) is 17.3 Å². The largest absolute Gasteiger partial charge is 1.00 e. The summed E-state index contributed by atoms with van der Waals surface area (Å²) in [5.74, 6) is 0. The maximum absolute atomic E-state index is 3.77. The van der Waals surface area contributed by atoms with Crippen LogP contribution in [0.15, 0.2) is 78.7 Å². The molecule has 2 N–H and O–H groups in total. The number of hydrogen-bond acceptors (Lipinski definition) is 3. The molecule has 1 heterocycles. The van der Waals surface area contributed by atoms with Gasteiger partial charge in [0.2, 0.25) is 0 Å². The number of hydrogen-bond donors (Lipinski definition) is 2. The first-order valence-corrected chi connectivity index (χ1v) is 8.02. The second-order valence-electron chi connectivity index (χ2n) is 4.77. The fourth-order valence-corrected chi connectivity index (χ4v) is 3.05. The molecule has 0 aliphatic heterocycles. The van der Waals surface area contributed by atoms with Crippen LogP contribution in [0, 0.1) is 0 Å². The van der Waals surface area contributed by atoms with Crippen LogP contribution >= 0.6 is 11.3 Å². The molecule has 23 heavy (non-hydrogen) atoms. The van der Waals surface area contributed by atoms with Gasteiger partial charge in [-0.2, -0.15) is 0 Å². The average Bonchev–Trinajstić information content (AvgIpc) is 2.97. The van der Waals surface area contributed by atoms with Gasteiger partial charge >= 0.3 is 5.13 Å². The van der Waals surface area contributed by atoms with E-state index in [2.05, 4.69) is 63.8 Å². The van der Waals surface area contributed by atoms with Crippen LogP contribution in [0.3, 0.4) is 0 Å². The molecule has 0 spiro atoms. The van der Waals surface area contributed by atoms with Gasteiger partial charge in [0, 0.05) is 10.9 Å². The fraction of sp³-hybridized carbons (Fsp3) is 0.0556. The first kappa shape index (κ1) is 17.2. The van der Waals surface area contributed by atoms with Crippen LogP contribution in [0.25, 0.3) is 11.3 Å². The van der Waals surface area contributed by atoms with E-state index in [4.69, 9.17) is 0 Å². The highest BCUT2D eigenvalue weighted by molar-refractivity contribution is 7.13. The lowest BCUT2D eigenvalue weighted by molar-refractivity contribution is -0.612. The van der Waals surface area contributed by atoms with E-state index in [1.54, 1.807) is 11.3 Å². The zero-order valence-corrected chi connectivity index (χ0v) is 15.0. The van der Waals surface area contributed by atoms with Crippen molar-refractivity contribution in [2.45, 2.75) is 0 Å². The standard InChI is InChI=1S/C18H17N3S.BrH/c1-2-13-19-18-21(20-16-11-7-4-8-12-16)17(14-22-18)15-9-5-3-6-10-15;/h2-12,14,20H,1,13H2;1H. The van der Waals surface area contributed by atoms with Gasteiger partial charge in [0.05, 0.1) is 5.69 Å². The molecule has 3 aromatic rings.